The summed E-state index contributed by atoms with van der Waals surface area (Å²) >= 11 is 0. The summed E-state index contributed by atoms with van der Waals surface area (Å²) in [5, 5.41) is 0. The monoisotopic (exact) mass is 422 g/mol. The lowest BCUT2D eigenvalue weighted by Crippen LogP contribution is -2.51. The van der Waals surface area contributed by atoms with E-state index in [1.807, 2.05) is 11.9 Å². The number of morpholine rings is 1. The van der Waals surface area contributed by atoms with E-state index in [4.69, 9.17) is 9.47 Å². The van der Waals surface area contributed by atoms with Gasteiger partial charge in [-0.3, -0.25) is 19.4 Å². The highest BCUT2D eigenvalue weighted by Gasteiger charge is 2.39. The maximum atomic E-state index is 12.7. The van der Waals surface area contributed by atoms with Gasteiger partial charge < -0.3 is 19.3 Å². The first-order valence-electron chi connectivity index (χ1n) is 11.8. The topological polar surface area (TPSA) is 65.6 Å². The van der Waals surface area contributed by atoms with E-state index in [-0.39, 0.29) is 5.91 Å². The van der Waals surface area contributed by atoms with Crippen molar-refractivity contribution in [1.82, 2.24) is 19.6 Å². The Morgan fingerprint density at radius 2 is 1.57 bits per heavy atom. The van der Waals surface area contributed by atoms with Crippen molar-refractivity contribution in [3.63, 3.8) is 0 Å². The van der Waals surface area contributed by atoms with Gasteiger partial charge in [0.05, 0.1) is 19.8 Å². The van der Waals surface area contributed by atoms with Crippen molar-refractivity contribution in [3.05, 3.63) is 0 Å². The fourth-order valence-corrected chi connectivity index (χ4v) is 4.94. The molecule has 0 spiro atoms. The molecule has 2 amide bonds. The van der Waals surface area contributed by atoms with Gasteiger partial charge in [0, 0.05) is 77.5 Å². The molecule has 3 heterocycles. The minimum Gasteiger partial charge on any atom is -0.381 e. The zero-order chi connectivity index (χ0) is 20.9. The van der Waals surface area contributed by atoms with Crippen molar-refractivity contribution in [2.75, 3.05) is 79.3 Å². The van der Waals surface area contributed by atoms with Crippen LogP contribution in [0.4, 0.5) is 0 Å². The zero-order valence-electron chi connectivity index (χ0n) is 18.5. The van der Waals surface area contributed by atoms with Crippen LogP contribution in [-0.4, -0.2) is 123 Å². The number of ether oxygens (including phenoxy) is 2. The summed E-state index contributed by atoms with van der Waals surface area (Å²) < 4.78 is 11.0. The van der Waals surface area contributed by atoms with E-state index < -0.39 is 0 Å². The van der Waals surface area contributed by atoms with Crippen molar-refractivity contribution >= 4 is 11.8 Å². The second-order valence-corrected chi connectivity index (χ2v) is 9.29. The Balaban J connectivity index is 1.30. The van der Waals surface area contributed by atoms with Gasteiger partial charge in [-0.25, -0.2) is 0 Å². The summed E-state index contributed by atoms with van der Waals surface area (Å²) in [7, 11) is 1.92. The number of hydrogen-bond donors (Lipinski definition) is 0. The van der Waals surface area contributed by atoms with Crippen LogP contribution in [-0.2, 0) is 19.1 Å². The van der Waals surface area contributed by atoms with Crippen LogP contribution in [0.15, 0.2) is 0 Å². The van der Waals surface area contributed by atoms with E-state index in [2.05, 4.69) is 14.7 Å². The predicted octanol–water partition coefficient (Wildman–Crippen LogP) is 0.269. The zero-order valence-corrected chi connectivity index (χ0v) is 18.5. The molecule has 170 valence electrons. The number of carbonyl (C=O) groups excluding carboxylic acids is 2. The molecule has 4 rings (SSSR count). The second kappa shape index (κ2) is 10.4. The molecule has 0 N–H and O–H groups in total. The van der Waals surface area contributed by atoms with E-state index >= 15 is 0 Å². The molecule has 1 atom stereocenters. The largest absolute Gasteiger partial charge is 0.381 e. The van der Waals surface area contributed by atoms with E-state index in [9.17, 15) is 9.59 Å². The minimum atomic E-state index is 0.181. The van der Waals surface area contributed by atoms with Crippen LogP contribution in [0, 0.1) is 5.92 Å². The Hall–Kier alpha value is -1.22. The Labute approximate surface area is 180 Å². The normalized spacial score (nSPS) is 26.3. The predicted molar refractivity (Wildman–Crippen MR) is 113 cm³/mol. The molecule has 1 saturated carbocycles. The van der Waals surface area contributed by atoms with Gasteiger partial charge in [-0.2, -0.15) is 0 Å². The smallest absolute Gasteiger partial charge is 0.236 e. The molecule has 0 aromatic heterocycles. The van der Waals surface area contributed by atoms with Crippen LogP contribution in [0.25, 0.3) is 0 Å². The number of likely N-dealkylation sites (N-methyl/N-ethyl adjacent to an activating group) is 1. The summed E-state index contributed by atoms with van der Waals surface area (Å²) in [4.78, 5) is 33.9. The second-order valence-electron chi connectivity index (χ2n) is 9.29. The molecule has 0 radical (unpaired) electrons. The van der Waals surface area contributed by atoms with E-state index in [0.717, 1.165) is 84.6 Å². The van der Waals surface area contributed by atoms with Gasteiger partial charge in [0.25, 0.3) is 0 Å². The van der Waals surface area contributed by atoms with Crippen molar-refractivity contribution in [3.8, 4) is 0 Å². The van der Waals surface area contributed by atoms with E-state index in [1.165, 1.54) is 0 Å². The highest BCUT2D eigenvalue weighted by Crippen LogP contribution is 2.33. The van der Waals surface area contributed by atoms with Gasteiger partial charge in [-0.15, -0.1) is 0 Å². The van der Waals surface area contributed by atoms with Gasteiger partial charge in [-0.1, -0.05) is 0 Å². The SMILES string of the molecule is CN(CCN(C1CCOCC1)C1CCN(C(=O)C2CC2)C1)C(=O)CN1CCOCC1. The van der Waals surface area contributed by atoms with Crippen LogP contribution in [0.3, 0.4) is 0 Å². The Morgan fingerprint density at radius 1 is 0.867 bits per heavy atom. The summed E-state index contributed by atoms with van der Waals surface area (Å²) in [6.07, 6.45) is 5.26. The Bertz CT molecular complexity index is 588. The average Bonchev–Trinajstić information content (AvgIpc) is 3.52. The maximum Gasteiger partial charge on any atom is 0.236 e. The van der Waals surface area contributed by atoms with Crippen molar-refractivity contribution in [2.45, 2.75) is 44.2 Å². The fourth-order valence-electron chi connectivity index (χ4n) is 4.94. The lowest BCUT2D eigenvalue weighted by Gasteiger charge is -2.39. The number of nitrogens with zero attached hydrogens (tertiary/aromatic N) is 4. The molecule has 30 heavy (non-hydrogen) atoms. The van der Waals surface area contributed by atoms with Crippen LogP contribution in [0.1, 0.15) is 32.1 Å². The van der Waals surface area contributed by atoms with Crippen LogP contribution >= 0.6 is 0 Å². The van der Waals surface area contributed by atoms with Gasteiger partial charge in [0.1, 0.15) is 0 Å². The van der Waals surface area contributed by atoms with Gasteiger partial charge in [0.15, 0.2) is 0 Å². The van der Waals surface area contributed by atoms with Gasteiger partial charge in [0.2, 0.25) is 11.8 Å². The molecule has 0 bridgehead atoms. The highest BCUT2D eigenvalue weighted by molar-refractivity contribution is 5.81. The number of amides is 2. The van der Waals surface area contributed by atoms with Crippen LogP contribution in [0.5, 0.6) is 0 Å². The molecule has 0 aromatic carbocycles. The third-order valence-electron chi connectivity index (χ3n) is 7.11. The maximum absolute atomic E-state index is 12.7. The van der Waals surface area contributed by atoms with Crippen LogP contribution < -0.4 is 0 Å². The van der Waals surface area contributed by atoms with E-state index in [0.29, 0.717) is 43.7 Å². The first-order valence-corrected chi connectivity index (χ1v) is 11.8. The number of likely N-dealkylation sites (tertiary alicyclic amines) is 1. The van der Waals surface area contributed by atoms with Crippen molar-refractivity contribution < 1.29 is 19.1 Å². The molecule has 1 unspecified atom stereocenters. The molecule has 8 heteroatoms. The first kappa shape index (κ1) is 22.0. The fraction of sp³-hybridized carbons (Fsp3) is 0.909. The molecule has 1 aliphatic carbocycles. The molecule has 3 saturated heterocycles. The quantitative estimate of drug-likeness (QED) is 0.560. The molecule has 4 fully saturated rings. The first-order chi connectivity index (χ1) is 14.6. The average molecular weight is 423 g/mol. The lowest BCUT2D eigenvalue weighted by atomic mass is 10.0. The Morgan fingerprint density at radius 3 is 2.27 bits per heavy atom. The summed E-state index contributed by atoms with van der Waals surface area (Å²) in [5.41, 5.74) is 0. The highest BCUT2D eigenvalue weighted by atomic mass is 16.5. The molecule has 3 aliphatic heterocycles. The molecular weight excluding hydrogens is 384 g/mol. The van der Waals surface area contributed by atoms with Crippen molar-refractivity contribution in [2.24, 2.45) is 5.92 Å². The summed E-state index contributed by atoms with van der Waals surface area (Å²) in [6, 6.07) is 0.890. The van der Waals surface area contributed by atoms with Gasteiger partial charge >= 0.3 is 0 Å². The molecular formula is C22H38N4O4. The third kappa shape index (κ3) is 5.72. The number of hydrogen-bond acceptors (Lipinski definition) is 6. The number of rotatable bonds is 8. The third-order valence-corrected chi connectivity index (χ3v) is 7.11. The van der Waals surface area contributed by atoms with E-state index in [1.54, 1.807) is 0 Å². The lowest BCUT2D eigenvalue weighted by molar-refractivity contribution is -0.132. The summed E-state index contributed by atoms with van der Waals surface area (Å²) in [6.45, 7) is 8.52. The minimum absolute atomic E-state index is 0.181. The molecule has 4 aliphatic rings. The summed E-state index contributed by atoms with van der Waals surface area (Å²) in [5.74, 6) is 0.840. The Kier molecular flexibility index (Phi) is 7.62. The van der Waals surface area contributed by atoms with Gasteiger partial charge in [-0.05, 0) is 32.1 Å². The van der Waals surface area contributed by atoms with Crippen molar-refractivity contribution in [1.29, 1.82) is 0 Å². The molecule has 8 nitrogen and oxygen atoms in total. The number of carbonyl (C=O) groups is 2. The standard InChI is InChI=1S/C22H38N4O4/c1-23(21(27)17-24-10-14-30-15-11-24)8-9-26(19-5-12-29-13-6-19)20-4-7-25(16-20)22(28)18-2-3-18/h18-20H,2-17H2,1H3. The van der Waals surface area contributed by atoms with Crippen LogP contribution in [0.2, 0.25) is 0 Å². The molecule has 0 aromatic rings.